The SMILES string of the molecule is COc1cccc(N2CC(C(=O)Nc3c[nH]c4cc(F)c(F)cc34)CC2=O)c1. The number of methoxy groups -OCH3 is 1. The molecule has 1 fully saturated rings. The minimum Gasteiger partial charge on any atom is -0.497 e. The summed E-state index contributed by atoms with van der Waals surface area (Å²) in [5, 5.41) is 3.07. The van der Waals surface area contributed by atoms with Crippen LogP contribution in [0.25, 0.3) is 10.9 Å². The number of H-pyrrole nitrogens is 1. The lowest BCUT2D eigenvalue weighted by Gasteiger charge is -2.17. The van der Waals surface area contributed by atoms with Crippen LogP contribution in [-0.2, 0) is 9.59 Å². The quantitative estimate of drug-likeness (QED) is 0.723. The molecule has 2 aromatic carbocycles. The Morgan fingerprint density at radius 2 is 2.04 bits per heavy atom. The normalized spacial score (nSPS) is 16.6. The summed E-state index contributed by atoms with van der Waals surface area (Å²) in [6, 6.07) is 9.11. The Morgan fingerprint density at radius 1 is 1.25 bits per heavy atom. The maximum absolute atomic E-state index is 13.5. The van der Waals surface area contributed by atoms with Crippen LogP contribution in [0, 0.1) is 17.6 Å². The molecule has 1 aromatic heterocycles. The molecule has 2 heterocycles. The van der Waals surface area contributed by atoms with E-state index >= 15 is 0 Å². The molecule has 0 radical (unpaired) electrons. The molecule has 144 valence electrons. The van der Waals surface area contributed by atoms with Crippen molar-refractivity contribution in [2.24, 2.45) is 5.92 Å². The average Bonchev–Trinajstić information content (AvgIpc) is 3.26. The first-order valence-corrected chi connectivity index (χ1v) is 8.67. The van der Waals surface area contributed by atoms with Gasteiger partial charge in [0.2, 0.25) is 11.8 Å². The number of hydrogen-bond donors (Lipinski definition) is 2. The first-order valence-electron chi connectivity index (χ1n) is 8.67. The van der Waals surface area contributed by atoms with Crippen LogP contribution >= 0.6 is 0 Å². The van der Waals surface area contributed by atoms with Gasteiger partial charge in [-0.15, -0.1) is 0 Å². The van der Waals surface area contributed by atoms with Gasteiger partial charge >= 0.3 is 0 Å². The Balaban J connectivity index is 1.52. The van der Waals surface area contributed by atoms with Gasteiger partial charge in [0.25, 0.3) is 0 Å². The Bertz CT molecular complexity index is 1080. The molecule has 2 N–H and O–H groups in total. The molecule has 28 heavy (non-hydrogen) atoms. The molecule has 1 saturated heterocycles. The molecular weight excluding hydrogens is 368 g/mol. The molecule has 0 spiro atoms. The van der Waals surface area contributed by atoms with Gasteiger partial charge in [-0.1, -0.05) is 6.07 Å². The minimum atomic E-state index is -0.997. The number of aromatic nitrogens is 1. The summed E-state index contributed by atoms with van der Waals surface area (Å²) in [6.07, 6.45) is 1.53. The highest BCUT2D eigenvalue weighted by molar-refractivity contribution is 6.06. The van der Waals surface area contributed by atoms with E-state index in [2.05, 4.69) is 10.3 Å². The summed E-state index contributed by atoms with van der Waals surface area (Å²) in [6.45, 7) is 0.225. The maximum atomic E-state index is 13.5. The topological polar surface area (TPSA) is 74.4 Å². The van der Waals surface area contributed by atoms with E-state index in [1.165, 1.54) is 18.2 Å². The van der Waals surface area contributed by atoms with Crippen molar-refractivity contribution in [3.05, 3.63) is 54.2 Å². The molecule has 2 amide bonds. The van der Waals surface area contributed by atoms with Gasteiger partial charge in [0.15, 0.2) is 11.6 Å². The number of ether oxygens (including phenoxy) is 1. The van der Waals surface area contributed by atoms with Gasteiger partial charge in [0.05, 0.1) is 24.2 Å². The predicted molar refractivity (Wildman–Crippen MR) is 100 cm³/mol. The zero-order valence-corrected chi connectivity index (χ0v) is 15.0. The number of anilines is 2. The van der Waals surface area contributed by atoms with E-state index in [1.807, 2.05) is 0 Å². The summed E-state index contributed by atoms with van der Waals surface area (Å²) in [5.41, 5.74) is 1.37. The molecule has 1 aliphatic heterocycles. The van der Waals surface area contributed by atoms with Crippen molar-refractivity contribution < 1.29 is 23.1 Å². The van der Waals surface area contributed by atoms with Crippen molar-refractivity contribution in [1.82, 2.24) is 4.98 Å². The molecule has 4 rings (SSSR count). The van der Waals surface area contributed by atoms with Crippen molar-refractivity contribution in [2.45, 2.75) is 6.42 Å². The molecule has 0 saturated carbocycles. The fourth-order valence-electron chi connectivity index (χ4n) is 3.37. The molecule has 6 nitrogen and oxygen atoms in total. The summed E-state index contributed by atoms with van der Waals surface area (Å²) in [7, 11) is 1.54. The van der Waals surface area contributed by atoms with Crippen LogP contribution in [0.3, 0.4) is 0 Å². The Hall–Kier alpha value is -3.42. The lowest BCUT2D eigenvalue weighted by atomic mass is 10.1. The first kappa shape index (κ1) is 18.0. The second kappa shape index (κ2) is 6.95. The molecule has 0 bridgehead atoms. The van der Waals surface area contributed by atoms with Crippen LogP contribution in [-0.4, -0.2) is 30.5 Å². The van der Waals surface area contributed by atoms with E-state index in [0.717, 1.165) is 12.1 Å². The van der Waals surface area contributed by atoms with E-state index in [4.69, 9.17) is 4.74 Å². The number of nitrogens with zero attached hydrogens (tertiary/aromatic N) is 1. The fraction of sp³-hybridized carbons (Fsp3) is 0.200. The summed E-state index contributed by atoms with van der Waals surface area (Å²) in [5.74, 6) is -2.43. The van der Waals surface area contributed by atoms with Crippen molar-refractivity contribution in [1.29, 1.82) is 0 Å². The van der Waals surface area contributed by atoms with Crippen molar-refractivity contribution in [3.63, 3.8) is 0 Å². The molecule has 8 heteroatoms. The highest BCUT2D eigenvalue weighted by Crippen LogP contribution is 2.30. The summed E-state index contributed by atoms with van der Waals surface area (Å²) in [4.78, 5) is 29.4. The Kier molecular flexibility index (Phi) is 4.46. The van der Waals surface area contributed by atoms with Crippen molar-refractivity contribution in [2.75, 3.05) is 23.9 Å². The number of hydrogen-bond acceptors (Lipinski definition) is 3. The molecular formula is C20H17F2N3O3. The molecule has 1 atom stereocenters. The van der Waals surface area contributed by atoms with Crippen LogP contribution in [0.2, 0.25) is 0 Å². The molecule has 1 aliphatic rings. The number of nitrogens with one attached hydrogen (secondary N) is 2. The van der Waals surface area contributed by atoms with Gasteiger partial charge < -0.3 is 19.9 Å². The summed E-state index contributed by atoms with van der Waals surface area (Å²) < 4.78 is 32.0. The third-order valence-electron chi connectivity index (χ3n) is 4.84. The number of fused-ring (bicyclic) bond motifs is 1. The first-order chi connectivity index (χ1) is 13.5. The summed E-state index contributed by atoms with van der Waals surface area (Å²) >= 11 is 0. The van der Waals surface area contributed by atoms with Crippen molar-refractivity contribution >= 4 is 34.1 Å². The largest absolute Gasteiger partial charge is 0.497 e. The van der Waals surface area contributed by atoms with Crippen molar-refractivity contribution in [3.8, 4) is 5.75 Å². The molecule has 1 unspecified atom stereocenters. The highest BCUT2D eigenvalue weighted by Gasteiger charge is 2.35. The van der Waals surface area contributed by atoms with Gasteiger partial charge in [0, 0.05) is 42.4 Å². The molecule has 3 aromatic rings. The zero-order valence-electron chi connectivity index (χ0n) is 15.0. The minimum absolute atomic E-state index is 0.0639. The van der Waals surface area contributed by atoms with Crippen LogP contribution in [0.4, 0.5) is 20.2 Å². The zero-order chi connectivity index (χ0) is 19.8. The lowest BCUT2D eigenvalue weighted by molar-refractivity contribution is -0.122. The smallest absolute Gasteiger partial charge is 0.229 e. The van der Waals surface area contributed by atoms with Gasteiger partial charge in [-0.3, -0.25) is 9.59 Å². The predicted octanol–water partition coefficient (Wildman–Crippen LogP) is 3.45. The van der Waals surface area contributed by atoms with Crippen LogP contribution in [0.1, 0.15) is 6.42 Å². The molecule has 0 aliphatic carbocycles. The number of carbonyl (C=O) groups excluding carboxylic acids is 2. The number of carbonyl (C=O) groups is 2. The fourth-order valence-corrected chi connectivity index (χ4v) is 3.37. The second-order valence-corrected chi connectivity index (χ2v) is 6.61. The van der Waals surface area contributed by atoms with E-state index in [-0.39, 0.29) is 24.8 Å². The third-order valence-corrected chi connectivity index (χ3v) is 4.84. The second-order valence-electron chi connectivity index (χ2n) is 6.61. The van der Waals surface area contributed by atoms with Crippen LogP contribution in [0.15, 0.2) is 42.6 Å². The maximum Gasteiger partial charge on any atom is 0.229 e. The van der Waals surface area contributed by atoms with Gasteiger partial charge in [-0.25, -0.2) is 8.78 Å². The number of halogens is 2. The van der Waals surface area contributed by atoms with Gasteiger partial charge in [-0.05, 0) is 18.2 Å². The van der Waals surface area contributed by atoms with E-state index in [0.29, 0.717) is 28.0 Å². The number of rotatable bonds is 4. The number of benzene rings is 2. The average molecular weight is 385 g/mol. The van der Waals surface area contributed by atoms with E-state index in [1.54, 1.807) is 24.3 Å². The van der Waals surface area contributed by atoms with E-state index in [9.17, 15) is 18.4 Å². The number of amides is 2. The number of aromatic amines is 1. The van der Waals surface area contributed by atoms with Gasteiger partial charge in [0.1, 0.15) is 5.75 Å². The van der Waals surface area contributed by atoms with Gasteiger partial charge in [-0.2, -0.15) is 0 Å². The Labute approximate surface area is 159 Å². The Morgan fingerprint density at radius 3 is 2.82 bits per heavy atom. The highest BCUT2D eigenvalue weighted by atomic mass is 19.2. The van der Waals surface area contributed by atoms with Crippen LogP contribution < -0.4 is 15.0 Å². The lowest BCUT2D eigenvalue weighted by Crippen LogP contribution is -2.28. The monoisotopic (exact) mass is 385 g/mol. The standard InChI is InChI=1S/C20H17F2N3O3/c1-28-13-4-2-3-12(6-13)25-10-11(5-19(25)26)20(27)24-18-9-23-17-8-16(22)15(21)7-14(17)18/h2-4,6-9,11,23H,5,10H2,1H3,(H,24,27). The van der Waals surface area contributed by atoms with Crippen LogP contribution in [0.5, 0.6) is 5.75 Å². The third kappa shape index (κ3) is 3.17. The van der Waals surface area contributed by atoms with E-state index < -0.39 is 17.6 Å².